The van der Waals surface area contributed by atoms with E-state index >= 15 is 0 Å². The molecule has 0 amide bonds. The zero-order valence-electron chi connectivity index (χ0n) is 9.85. The first kappa shape index (κ1) is 13.8. The van der Waals surface area contributed by atoms with Crippen molar-refractivity contribution >= 4 is 11.4 Å². The molecule has 9 heteroatoms. The van der Waals surface area contributed by atoms with Crippen LogP contribution in [0.2, 0.25) is 0 Å². The van der Waals surface area contributed by atoms with Gasteiger partial charge in [0.1, 0.15) is 5.69 Å². The molecule has 0 aliphatic carbocycles. The molecular formula is C11H8F3N3O3. The van der Waals surface area contributed by atoms with Gasteiger partial charge in [-0.1, -0.05) is 5.16 Å². The van der Waals surface area contributed by atoms with Gasteiger partial charge in [0.05, 0.1) is 23.2 Å². The molecule has 1 aromatic heterocycles. The molecule has 0 saturated heterocycles. The van der Waals surface area contributed by atoms with Gasteiger partial charge in [-0.25, -0.2) is 0 Å². The van der Waals surface area contributed by atoms with Gasteiger partial charge in [-0.3, -0.25) is 10.1 Å². The quantitative estimate of drug-likeness (QED) is 0.689. The molecule has 6 nitrogen and oxygen atoms in total. The number of hydrogen-bond donors (Lipinski definition) is 1. The van der Waals surface area contributed by atoms with Crippen LogP contribution in [0.25, 0.3) is 0 Å². The number of rotatable bonds is 4. The van der Waals surface area contributed by atoms with E-state index in [0.717, 1.165) is 12.1 Å². The highest BCUT2D eigenvalue weighted by Crippen LogP contribution is 2.35. The summed E-state index contributed by atoms with van der Waals surface area (Å²) in [4.78, 5) is 9.95. The highest BCUT2D eigenvalue weighted by atomic mass is 19.4. The molecule has 0 fully saturated rings. The molecule has 20 heavy (non-hydrogen) atoms. The van der Waals surface area contributed by atoms with Gasteiger partial charge in [0.15, 0.2) is 5.76 Å². The molecule has 0 unspecified atom stereocenters. The Balaban J connectivity index is 2.26. The fourth-order valence-electron chi connectivity index (χ4n) is 1.52. The first-order valence-electron chi connectivity index (χ1n) is 5.37. The smallest absolute Gasteiger partial charge is 0.372 e. The molecule has 2 aromatic rings. The van der Waals surface area contributed by atoms with Crippen LogP contribution in [0.3, 0.4) is 0 Å². The number of benzene rings is 1. The molecular weight excluding hydrogens is 279 g/mol. The lowest BCUT2D eigenvalue weighted by atomic mass is 10.1. The van der Waals surface area contributed by atoms with Crippen molar-refractivity contribution in [1.29, 1.82) is 0 Å². The fourth-order valence-corrected chi connectivity index (χ4v) is 1.52. The molecule has 0 spiro atoms. The predicted molar refractivity (Wildman–Crippen MR) is 61.9 cm³/mol. The number of nitro groups is 1. The van der Waals surface area contributed by atoms with Crippen molar-refractivity contribution in [2.24, 2.45) is 0 Å². The van der Waals surface area contributed by atoms with E-state index in [2.05, 4.69) is 10.5 Å². The van der Waals surface area contributed by atoms with E-state index in [9.17, 15) is 23.3 Å². The van der Waals surface area contributed by atoms with E-state index in [4.69, 9.17) is 4.52 Å². The lowest BCUT2D eigenvalue weighted by Crippen LogP contribution is -2.08. The number of nitrogens with one attached hydrogen (secondary N) is 1. The second kappa shape index (κ2) is 5.19. The van der Waals surface area contributed by atoms with Crippen LogP contribution in [0, 0.1) is 10.1 Å². The topological polar surface area (TPSA) is 81.2 Å². The first-order chi connectivity index (χ1) is 9.38. The van der Waals surface area contributed by atoms with Crippen molar-refractivity contribution in [3.05, 3.63) is 51.9 Å². The SMILES string of the molecule is O=[N+]([O-])c1cc(C(F)(F)F)ccc1NCc1ccno1. The van der Waals surface area contributed by atoms with E-state index in [-0.39, 0.29) is 12.2 Å². The van der Waals surface area contributed by atoms with Crippen molar-refractivity contribution in [1.82, 2.24) is 5.16 Å². The van der Waals surface area contributed by atoms with Gasteiger partial charge in [0.2, 0.25) is 0 Å². The molecule has 0 saturated carbocycles. The lowest BCUT2D eigenvalue weighted by Gasteiger charge is -2.09. The summed E-state index contributed by atoms with van der Waals surface area (Å²) in [6.07, 6.45) is -3.24. The van der Waals surface area contributed by atoms with Crippen LogP contribution in [-0.2, 0) is 12.7 Å². The van der Waals surface area contributed by atoms with E-state index < -0.39 is 22.4 Å². The van der Waals surface area contributed by atoms with Gasteiger partial charge in [-0.15, -0.1) is 0 Å². The summed E-state index contributed by atoms with van der Waals surface area (Å²) in [5, 5.41) is 16.9. The van der Waals surface area contributed by atoms with Crippen LogP contribution in [0.1, 0.15) is 11.3 Å². The normalized spacial score (nSPS) is 11.3. The number of alkyl halides is 3. The monoisotopic (exact) mass is 287 g/mol. The van der Waals surface area contributed by atoms with Crippen LogP contribution in [0.5, 0.6) is 0 Å². The van der Waals surface area contributed by atoms with Gasteiger partial charge in [0, 0.05) is 12.1 Å². The summed E-state index contributed by atoms with van der Waals surface area (Å²) in [6.45, 7) is 0.0756. The maximum atomic E-state index is 12.5. The zero-order chi connectivity index (χ0) is 14.8. The highest BCUT2D eigenvalue weighted by Gasteiger charge is 2.33. The molecule has 0 bridgehead atoms. The van der Waals surface area contributed by atoms with Crippen molar-refractivity contribution in [3.63, 3.8) is 0 Å². The van der Waals surface area contributed by atoms with Gasteiger partial charge in [-0.2, -0.15) is 13.2 Å². The molecule has 106 valence electrons. The second-order valence-electron chi connectivity index (χ2n) is 3.82. The summed E-state index contributed by atoms with van der Waals surface area (Å²) < 4.78 is 42.3. The maximum absolute atomic E-state index is 12.5. The van der Waals surface area contributed by atoms with E-state index in [1.54, 1.807) is 0 Å². The average Bonchev–Trinajstić information content (AvgIpc) is 2.88. The van der Waals surface area contributed by atoms with Crippen LogP contribution < -0.4 is 5.32 Å². The third kappa shape index (κ3) is 3.05. The third-order valence-electron chi connectivity index (χ3n) is 2.47. The Morgan fingerprint density at radius 1 is 1.35 bits per heavy atom. The molecule has 1 aromatic carbocycles. The Morgan fingerprint density at radius 3 is 2.65 bits per heavy atom. The number of hydrogen-bond acceptors (Lipinski definition) is 5. The minimum atomic E-state index is -4.63. The van der Waals surface area contributed by atoms with Crippen molar-refractivity contribution in [2.75, 3.05) is 5.32 Å². The standard InChI is InChI=1S/C11H8F3N3O3/c12-11(13,14)7-1-2-9(10(5-7)17(18)19)15-6-8-3-4-16-20-8/h1-5,15H,6H2. The van der Waals surface area contributed by atoms with Gasteiger partial charge >= 0.3 is 6.18 Å². The Bertz CT molecular complexity index is 611. The summed E-state index contributed by atoms with van der Waals surface area (Å²) in [6, 6.07) is 3.80. The molecule has 0 aliphatic rings. The summed E-state index contributed by atoms with van der Waals surface area (Å²) >= 11 is 0. The molecule has 1 heterocycles. The second-order valence-corrected chi connectivity index (χ2v) is 3.82. The Kier molecular flexibility index (Phi) is 3.59. The lowest BCUT2D eigenvalue weighted by molar-refractivity contribution is -0.384. The van der Waals surface area contributed by atoms with E-state index in [1.165, 1.54) is 12.3 Å². The van der Waals surface area contributed by atoms with Crippen molar-refractivity contribution in [2.45, 2.75) is 12.7 Å². The number of nitrogens with zero attached hydrogens (tertiary/aromatic N) is 2. The van der Waals surface area contributed by atoms with Crippen LogP contribution in [0.15, 0.2) is 35.0 Å². The summed E-state index contributed by atoms with van der Waals surface area (Å²) in [5.74, 6) is 0.402. The van der Waals surface area contributed by atoms with E-state index in [1.807, 2.05) is 0 Å². The molecule has 0 aliphatic heterocycles. The van der Waals surface area contributed by atoms with Gasteiger partial charge in [-0.05, 0) is 12.1 Å². The Morgan fingerprint density at radius 2 is 2.10 bits per heavy atom. The molecule has 0 radical (unpaired) electrons. The van der Waals surface area contributed by atoms with Crippen molar-refractivity contribution < 1.29 is 22.6 Å². The van der Waals surface area contributed by atoms with Crippen LogP contribution >= 0.6 is 0 Å². The van der Waals surface area contributed by atoms with E-state index in [0.29, 0.717) is 11.8 Å². The zero-order valence-corrected chi connectivity index (χ0v) is 9.85. The third-order valence-corrected chi connectivity index (χ3v) is 2.47. The largest absolute Gasteiger partial charge is 0.416 e. The molecule has 2 rings (SSSR count). The summed E-state index contributed by atoms with van der Waals surface area (Å²) in [7, 11) is 0. The summed E-state index contributed by atoms with van der Waals surface area (Å²) in [5.41, 5.74) is -1.76. The minimum absolute atomic E-state index is 0.0283. The molecule has 0 atom stereocenters. The Hall–Kier alpha value is -2.58. The number of nitro benzene ring substituents is 1. The number of anilines is 1. The van der Waals surface area contributed by atoms with Gasteiger partial charge < -0.3 is 9.84 Å². The maximum Gasteiger partial charge on any atom is 0.416 e. The highest BCUT2D eigenvalue weighted by molar-refractivity contribution is 5.62. The predicted octanol–water partition coefficient (Wildman–Crippen LogP) is 3.21. The minimum Gasteiger partial charge on any atom is -0.372 e. The average molecular weight is 287 g/mol. The van der Waals surface area contributed by atoms with Crippen LogP contribution in [-0.4, -0.2) is 10.1 Å². The van der Waals surface area contributed by atoms with Crippen molar-refractivity contribution in [3.8, 4) is 0 Å². The number of aromatic nitrogens is 1. The Labute approximate surface area is 110 Å². The van der Waals surface area contributed by atoms with Crippen LogP contribution in [0.4, 0.5) is 24.5 Å². The first-order valence-corrected chi connectivity index (χ1v) is 5.37. The fraction of sp³-hybridized carbons (Fsp3) is 0.182. The van der Waals surface area contributed by atoms with Gasteiger partial charge in [0.25, 0.3) is 5.69 Å². The molecule has 1 N–H and O–H groups in total. The number of halogens is 3.